The molecule has 0 atom stereocenters. The molecule has 6 heteroatoms. The molecule has 0 saturated heterocycles. The molecule has 7 aromatic carbocycles. The van der Waals surface area contributed by atoms with Crippen molar-refractivity contribution in [3.63, 3.8) is 0 Å². The van der Waals surface area contributed by atoms with Gasteiger partial charge in [0, 0.05) is 10.9 Å². The standard InChI is InChI=1S/C48H35N5O/c54-47-43-27-14-13-19-38(43)33-45(37-17-5-1-6-18-37)52(47)34-35-29-31-36(32-30-35)42-26-15-16-28-44(42)46-49-51-53(50-46)48(39-20-7-2-8-21-39,40-22-9-3-10-23-40)41-24-11-4-12-25-41/h1-33H,34H2. The highest BCUT2D eigenvalue weighted by atomic mass is 16.1. The topological polar surface area (TPSA) is 65.6 Å². The van der Waals surface area contributed by atoms with Gasteiger partial charge in [-0.3, -0.25) is 4.79 Å². The van der Waals surface area contributed by atoms with E-state index >= 15 is 0 Å². The van der Waals surface area contributed by atoms with E-state index in [1.165, 1.54) is 0 Å². The minimum absolute atomic E-state index is 0.00637. The van der Waals surface area contributed by atoms with E-state index in [2.05, 4.69) is 72.8 Å². The van der Waals surface area contributed by atoms with E-state index in [0.717, 1.165) is 55.6 Å². The van der Waals surface area contributed by atoms with Crippen LogP contribution in [0.1, 0.15) is 22.3 Å². The second-order valence-corrected chi connectivity index (χ2v) is 13.3. The Morgan fingerprint density at radius 2 is 1.02 bits per heavy atom. The highest BCUT2D eigenvalue weighted by Gasteiger charge is 2.41. The maximum atomic E-state index is 13.9. The third kappa shape index (κ3) is 5.80. The molecule has 0 aliphatic carbocycles. The fraction of sp³-hybridized carbons (Fsp3) is 0.0417. The monoisotopic (exact) mass is 697 g/mol. The Hall–Kier alpha value is -7.18. The van der Waals surface area contributed by atoms with Crippen LogP contribution in [0.15, 0.2) is 205 Å². The van der Waals surface area contributed by atoms with Crippen LogP contribution in [-0.2, 0) is 12.1 Å². The van der Waals surface area contributed by atoms with E-state index in [1.54, 1.807) is 4.80 Å². The highest BCUT2D eigenvalue weighted by molar-refractivity contribution is 5.85. The lowest BCUT2D eigenvalue weighted by Crippen LogP contribution is -2.39. The van der Waals surface area contributed by atoms with Gasteiger partial charge >= 0.3 is 0 Å². The van der Waals surface area contributed by atoms with Crippen LogP contribution in [0.2, 0.25) is 0 Å². The number of rotatable bonds is 9. The van der Waals surface area contributed by atoms with Gasteiger partial charge in [-0.05, 0) is 61.7 Å². The normalized spacial score (nSPS) is 11.5. The van der Waals surface area contributed by atoms with Crippen LogP contribution in [0.5, 0.6) is 0 Å². The summed E-state index contributed by atoms with van der Waals surface area (Å²) in [6, 6.07) is 67.6. The number of aromatic nitrogens is 5. The lowest BCUT2D eigenvalue weighted by Gasteiger charge is -2.34. The summed E-state index contributed by atoms with van der Waals surface area (Å²) < 4.78 is 1.88. The van der Waals surface area contributed by atoms with Crippen molar-refractivity contribution in [3.05, 3.63) is 233 Å². The number of fused-ring (bicyclic) bond motifs is 1. The molecular formula is C48H35N5O. The molecule has 0 radical (unpaired) electrons. The molecule has 0 N–H and O–H groups in total. The molecule has 0 unspecified atom stereocenters. The van der Waals surface area contributed by atoms with Crippen molar-refractivity contribution in [2.75, 3.05) is 0 Å². The molecule has 9 aromatic rings. The smallest absolute Gasteiger partial charge is 0.259 e. The summed E-state index contributed by atoms with van der Waals surface area (Å²) in [5.41, 5.74) is 7.98. The number of nitrogens with zero attached hydrogens (tertiary/aromatic N) is 5. The first kappa shape index (κ1) is 32.7. The first-order valence-corrected chi connectivity index (χ1v) is 18.0. The molecule has 0 aliphatic heterocycles. The number of tetrazole rings is 1. The molecular weight excluding hydrogens is 663 g/mol. The van der Waals surface area contributed by atoms with Crippen LogP contribution < -0.4 is 5.56 Å². The molecule has 0 saturated carbocycles. The van der Waals surface area contributed by atoms with Crippen molar-refractivity contribution >= 4 is 10.8 Å². The molecule has 0 bridgehead atoms. The third-order valence-corrected chi connectivity index (χ3v) is 10.2. The molecule has 9 rings (SSSR count). The third-order valence-electron chi connectivity index (χ3n) is 10.2. The largest absolute Gasteiger partial charge is 0.303 e. The van der Waals surface area contributed by atoms with Gasteiger partial charge in [-0.2, -0.15) is 0 Å². The van der Waals surface area contributed by atoms with E-state index in [1.807, 2.05) is 132 Å². The number of hydrogen-bond donors (Lipinski definition) is 0. The Labute approximate surface area is 313 Å². The first-order valence-electron chi connectivity index (χ1n) is 18.0. The minimum Gasteiger partial charge on any atom is -0.303 e. The maximum Gasteiger partial charge on any atom is 0.259 e. The fourth-order valence-electron chi connectivity index (χ4n) is 7.55. The second-order valence-electron chi connectivity index (χ2n) is 13.3. The van der Waals surface area contributed by atoms with Gasteiger partial charge in [-0.25, -0.2) is 0 Å². The van der Waals surface area contributed by atoms with E-state index in [-0.39, 0.29) is 5.56 Å². The van der Waals surface area contributed by atoms with Gasteiger partial charge in [0.15, 0.2) is 5.54 Å². The Kier molecular flexibility index (Phi) is 8.54. The Balaban J connectivity index is 1.11. The molecule has 2 aromatic heterocycles. The second kappa shape index (κ2) is 14.1. The fourth-order valence-corrected chi connectivity index (χ4v) is 7.55. The van der Waals surface area contributed by atoms with E-state index in [0.29, 0.717) is 17.8 Å². The molecule has 0 amide bonds. The average molecular weight is 698 g/mol. The van der Waals surface area contributed by atoms with Gasteiger partial charge in [0.25, 0.3) is 5.56 Å². The zero-order chi connectivity index (χ0) is 36.3. The van der Waals surface area contributed by atoms with Crippen molar-refractivity contribution in [1.82, 2.24) is 24.8 Å². The van der Waals surface area contributed by atoms with Crippen molar-refractivity contribution < 1.29 is 0 Å². The molecule has 2 heterocycles. The molecule has 6 nitrogen and oxygen atoms in total. The Bertz CT molecular complexity index is 2650. The lowest BCUT2D eigenvalue weighted by atomic mass is 9.77. The van der Waals surface area contributed by atoms with Crippen LogP contribution in [-0.4, -0.2) is 24.8 Å². The predicted octanol–water partition coefficient (Wildman–Crippen LogP) is 9.88. The molecule has 54 heavy (non-hydrogen) atoms. The van der Waals surface area contributed by atoms with Crippen LogP contribution in [0, 0.1) is 0 Å². The van der Waals surface area contributed by atoms with Gasteiger partial charge in [-0.15, -0.1) is 15.0 Å². The molecule has 0 aliphatic rings. The zero-order valence-electron chi connectivity index (χ0n) is 29.4. The highest BCUT2D eigenvalue weighted by Crippen LogP contribution is 2.40. The van der Waals surface area contributed by atoms with Crippen molar-refractivity contribution in [2.24, 2.45) is 0 Å². The number of pyridine rings is 1. The van der Waals surface area contributed by atoms with Gasteiger partial charge in [0.2, 0.25) is 5.82 Å². The van der Waals surface area contributed by atoms with Crippen molar-refractivity contribution in [3.8, 4) is 33.8 Å². The maximum absolute atomic E-state index is 13.9. The van der Waals surface area contributed by atoms with Crippen LogP contribution in [0.4, 0.5) is 0 Å². The van der Waals surface area contributed by atoms with E-state index in [9.17, 15) is 4.79 Å². The van der Waals surface area contributed by atoms with Gasteiger partial charge in [-0.1, -0.05) is 188 Å². The van der Waals surface area contributed by atoms with E-state index in [4.69, 9.17) is 15.4 Å². The van der Waals surface area contributed by atoms with Crippen molar-refractivity contribution in [1.29, 1.82) is 0 Å². The number of benzene rings is 7. The Morgan fingerprint density at radius 1 is 0.500 bits per heavy atom. The summed E-state index contributed by atoms with van der Waals surface area (Å²) in [4.78, 5) is 15.7. The SMILES string of the molecule is O=c1c2ccccc2cc(-c2ccccc2)n1Cc1ccc(-c2ccccc2-c2nnn(C(c3ccccc3)(c3ccccc3)c3ccccc3)n2)cc1. The summed E-state index contributed by atoms with van der Waals surface area (Å²) in [6.45, 7) is 0.437. The summed E-state index contributed by atoms with van der Waals surface area (Å²) >= 11 is 0. The predicted molar refractivity (Wildman–Crippen MR) is 216 cm³/mol. The van der Waals surface area contributed by atoms with Gasteiger partial charge in [0.05, 0.1) is 12.2 Å². The summed E-state index contributed by atoms with van der Waals surface area (Å²) in [6.07, 6.45) is 0. The van der Waals surface area contributed by atoms with Gasteiger partial charge in [0.1, 0.15) is 0 Å². The van der Waals surface area contributed by atoms with E-state index < -0.39 is 5.54 Å². The molecule has 0 spiro atoms. The lowest BCUT2D eigenvalue weighted by molar-refractivity contribution is 0.396. The van der Waals surface area contributed by atoms with Crippen LogP contribution in [0.25, 0.3) is 44.5 Å². The summed E-state index contributed by atoms with van der Waals surface area (Å²) in [5.74, 6) is 0.525. The number of hydrogen-bond acceptors (Lipinski definition) is 4. The zero-order valence-corrected chi connectivity index (χ0v) is 29.4. The molecule has 258 valence electrons. The quantitative estimate of drug-likeness (QED) is 0.141. The van der Waals surface area contributed by atoms with Crippen LogP contribution in [0.3, 0.4) is 0 Å². The minimum atomic E-state index is -0.870. The van der Waals surface area contributed by atoms with Gasteiger partial charge < -0.3 is 4.57 Å². The summed E-state index contributed by atoms with van der Waals surface area (Å²) in [7, 11) is 0. The summed E-state index contributed by atoms with van der Waals surface area (Å²) in [5, 5.41) is 16.3. The Morgan fingerprint density at radius 3 is 1.63 bits per heavy atom. The van der Waals surface area contributed by atoms with Crippen molar-refractivity contribution in [2.45, 2.75) is 12.1 Å². The average Bonchev–Trinajstić information content (AvgIpc) is 3.74. The molecule has 0 fully saturated rings. The first-order chi connectivity index (χ1) is 26.7. The van der Waals surface area contributed by atoms with Crippen LogP contribution >= 0.6 is 0 Å².